The zero-order valence-corrected chi connectivity index (χ0v) is 17.7. The largest absolute Gasteiger partial charge is 0.497 e. The lowest BCUT2D eigenvalue weighted by Gasteiger charge is -2.14. The van der Waals surface area contributed by atoms with E-state index in [-0.39, 0.29) is 12.4 Å². The van der Waals surface area contributed by atoms with Crippen LogP contribution in [-0.4, -0.2) is 23.3 Å². The third-order valence-corrected chi connectivity index (χ3v) is 5.94. The van der Waals surface area contributed by atoms with Gasteiger partial charge in [0.05, 0.1) is 13.7 Å². The molecule has 5 heteroatoms. The van der Waals surface area contributed by atoms with Crippen LogP contribution in [0.1, 0.15) is 42.5 Å². The number of ether oxygens (including phenoxy) is 2. The average Bonchev–Trinajstić information content (AvgIpc) is 3.30. The lowest BCUT2D eigenvalue weighted by atomic mass is 10.1. The molecule has 4 nitrogen and oxygen atoms in total. The van der Waals surface area contributed by atoms with Crippen molar-refractivity contribution in [3.8, 4) is 11.6 Å². The van der Waals surface area contributed by atoms with Crippen molar-refractivity contribution in [2.45, 2.75) is 46.1 Å². The minimum absolute atomic E-state index is 0. The molecule has 0 N–H and O–H groups in total. The van der Waals surface area contributed by atoms with Gasteiger partial charge in [0, 0.05) is 23.8 Å². The normalized spacial score (nSPS) is 14.2. The Morgan fingerprint density at radius 1 is 1.07 bits per heavy atom. The topological polar surface area (TPSA) is 36.3 Å². The maximum atomic E-state index is 6.23. The predicted octanol–water partition coefficient (Wildman–Crippen LogP) is 5.70. The molecule has 2 heterocycles. The van der Waals surface area contributed by atoms with E-state index >= 15 is 0 Å². The van der Waals surface area contributed by atoms with Crippen LogP contribution in [0.4, 0.5) is 0 Å². The van der Waals surface area contributed by atoms with Crippen molar-refractivity contribution in [3.05, 3.63) is 53.3 Å². The van der Waals surface area contributed by atoms with Crippen LogP contribution in [0.15, 0.2) is 36.5 Å². The van der Waals surface area contributed by atoms with E-state index in [4.69, 9.17) is 9.47 Å². The summed E-state index contributed by atoms with van der Waals surface area (Å²) in [5, 5.41) is 1.23. The second-order valence-electron chi connectivity index (χ2n) is 7.62. The Labute approximate surface area is 173 Å². The number of pyridine rings is 1. The van der Waals surface area contributed by atoms with Crippen molar-refractivity contribution >= 4 is 23.3 Å². The summed E-state index contributed by atoms with van der Waals surface area (Å²) in [5.41, 5.74) is 4.91. The van der Waals surface area contributed by atoms with Crippen molar-refractivity contribution < 1.29 is 9.47 Å². The first-order valence-corrected chi connectivity index (χ1v) is 9.87. The van der Waals surface area contributed by atoms with E-state index < -0.39 is 0 Å². The number of hydrogen-bond acceptors (Lipinski definition) is 3. The molecule has 2 aromatic heterocycles. The molecule has 0 bridgehead atoms. The number of benzene rings is 1. The fourth-order valence-corrected chi connectivity index (χ4v) is 4.15. The van der Waals surface area contributed by atoms with Crippen molar-refractivity contribution in [2.75, 3.05) is 13.7 Å². The minimum Gasteiger partial charge on any atom is -0.497 e. The molecule has 0 unspecified atom stereocenters. The van der Waals surface area contributed by atoms with E-state index in [0.717, 1.165) is 30.3 Å². The fraction of sp³-hybridized carbons (Fsp3) is 0.435. The molecule has 1 fully saturated rings. The molecule has 0 atom stereocenters. The monoisotopic (exact) mass is 400 g/mol. The highest BCUT2D eigenvalue weighted by atomic mass is 35.5. The SMILES string of the molecule is COc1ccc(Cn2c(C)c(C)c3ccnc(OCC4CCCC4)c32)cc1.Cl. The van der Waals surface area contributed by atoms with Gasteiger partial charge < -0.3 is 14.0 Å². The highest BCUT2D eigenvalue weighted by molar-refractivity contribution is 5.89. The van der Waals surface area contributed by atoms with E-state index in [1.165, 1.54) is 47.9 Å². The number of fused-ring (bicyclic) bond motifs is 1. The van der Waals surface area contributed by atoms with Crippen LogP contribution >= 0.6 is 12.4 Å². The van der Waals surface area contributed by atoms with E-state index in [9.17, 15) is 0 Å². The number of methoxy groups -OCH3 is 1. The molecule has 0 radical (unpaired) electrons. The molecular formula is C23H29ClN2O2. The highest BCUT2D eigenvalue weighted by Crippen LogP contribution is 2.33. The molecule has 28 heavy (non-hydrogen) atoms. The fourth-order valence-electron chi connectivity index (χ4n) is 4.15. The van der Waals surface area contributed by atoms with Gasteiger partial charge in [-0.3, -0.25) is 0 Å². The Morgan fingerprint density at radius 2 is 1.79 bits per heavy atom. The number of nitrogens with zero attached hydrogens (tertiary/aromatic N) is 2. The summed E-state index contributed by atoms with van der Waals surface area (Å²) < 4.78 is 13.9. The van der Waals surface area contributed by atoms with Crippen LogP contribution in [0, 0.1) is 19.8 Å². The van der Waals surface area contributed by atoms with Crippen molar-refractivity contribution in [3.63, 3.8) is 0 Å². The van der Waals surface area contributed by atoms with Gasteiger partial charge in [0.1, 0.15) is 11.3 Å². The van der Waals surface area contributed by atoms with Gasteiger partial charge in [-0.05, 0) is 61.9 Å². The molecule has 0 spiro atoms. The van der Waals surface area contributed by atoms with Crippen molar-refractivity contribution in [2.24, 2.45) is 5.92 Å². The van der Waals surface area contributed by atoms with E-state index in [1.54, 1.807) is 7.11 Å². The van der Waals surface area contributed by atoms with Gasteiger partial charge in [-0.2, -0.15) is 0 Å². The zero-order chi connectivity index (χ0) is 18.8. The van der Waals surface area contributed by atoms with Gasteiger partial charge in [-0.25, -0.2) is 4.98 Å². The highest BCUT2D eigenvalue weighted by Gasteiger charge is 2.19. The van der Waals surface area contributed by atoms with Gasteiger partial charge in [-0.1, -0.05) is 25.0 Å². The molecule has 1 saturated carbocycles. The van der Waals surface area contributed by atoms with Crippen LogP contribution in [0.2, 0.25) is 0 Å². The first-order chi connectivity index (χ1) is 13.2. The first kappa shape index (κ1) is 20.5. The van der Waals surface area contributed by atoms with Crippen LogP contribution in [0.5, 0.6) is 11.6 Å². The summed E-state index contributed by atoms with van der Waals surface area (Å²) in [6.07, 6.45) is 7.09. The van der Waals surface area contributed by atoms with Gasteiger partial charge in [0.25, 0.3) is 0 Å². The summed E-state index contributed by atoms with van der Waals surface area (Å²) in [6, 6.07) is 10.4. The maximum Gasteiger partial charge on any atom is 0.238 e. The van der Waals surface area contributed by atoms with Gasteiger partial charge >= 0.3 is 0 Å². The van der Waals surface area contributed by atoms with Gasteiger partial charge in [0.15, 0.2) is 0 Å². The number of aryl methyl sites for hydroxylation is 1. The van der Waals surface area contributed by atoms with Crippen LogP contribution in [0.25, 0.3) is 10.9 Å². The number of rotatable bonds is 6. The molecule has 0 amide bonds. The molecule has 4 rings (SSSR count). The second kappa shape index (κ2) is 8.87. The Kier molecular flexibility index (Phi) is 6.50. The molecular weight excluding hydrogens is 372 g/mol. The van der Waals surface area contributed by atoms with Crippen LogP contribution in [0.3, 0.4) is 0 Å². The molecule has 1 aromatic carbocycles. The lowest BCUT2D eigenvalue weighted by Crippen LogP contribution is -2.10. The number of hydrogen-bond donors (Lipinski definition) is 0. The molecule has 150 valence electrons. The van der Waals surface area contributed by atoms with Crippen molar-refractivity contribution in [1.82, 2.24) is 9.55 Å². The molecule has 0 saturated heterocycles. The quantitative estimate of drug-likeness (QED) is 0.532. The van der Waals surface area contributed by atoms with E-state index in [1.807, 2.05) is 18.3 Å². The number of halogens is 1. The van der Waals surface area contributed by atoms with Gasteiger partial charge in [-0.15, -0.1) is 12.4 Å². The predicted molar refractivity (Wildman–Crippen MR) is 116 cm³/mol. The van der Waals surface area contributed by atoms with Gasteiger partial charge in [0.2, 0.25) is 5.88 Å². The lowest BCUT2D eigenvalue weighted by molar-refractivity contribution is 0.245. The smallest absolute Gasteiger partial charge is 0.238 e. The summed E-state index contributed by atoms with van der Waals surface area (Å²) in [5.74, 6) is 2.32. The molecule has 1 aliphatic rings. The van der Waals surface area contributed by atoms with E-state index in [2.05, 4.69) is 41.6 Å². The van der Waals surface area contributed by atoms with E-state index in [0.29, 0.717) is 5.92 Å². The minimum atomic E-state index is 0. The summed E-state index contributed by atoms with van der Waals surface area (Å²) in [4.78, 5) is 4.59. The molecule has 0 aliphatic heterocycles. The summed E-state index contributed by atoms with van der Waals surface area (Å²) in [7, 11) is 1.70. The Bertz CT molecular complexity index is 928. The number of aromatic nitrogens is 2. The maximum absolute atomic E-state index is 6.23. The van der Waals surface area contributed by atoms with Crippen LogP contribution in [-0.2, 0) is 6.54 Å². The molecule has 1 aliphatic carbocycles. The molecule has 3 aromatic rings. The Balaban J connectivity index is 0.00000225. The average molecular weight is 401 g/mol. The zero-order valence-electron chi connectivity index (χ0n) is 16.9. The van der Waals surface area contributed by atoms with Crippen molar-refractivity contribution in [1.29, 1.82) is 0 Å². The Hall–Kier alpha value is -2.20. The third-order valence-electron chi connectivity index (χ3n) is 5.94. The Morgan fingerprint density at radius 3 is 2.46 bits per heavy atom. The third kappa shape index (κ3) is 3.97. The summed E-state index contributed by atoms with van der Waals surface area (Å²) in [6.45, 7) is 5.94. The standard InChI is InChI=1S/C23H28N2O2.ClH/c1-16-17(2)25(14-18-8-10-20(26-3)11-9-18)22-21(16)12-13-24-23(22)27-15-19-6-4-5-7-19;/h8-13,19H,4-7,14-15H2,1-3H3;1H. The second-order valence-corrected chi connectivity index (χ2v) is 7.62. The van der Waals surface area contributed by atoms with Crippen LogP contribution < -0.4 is 9.47 Å². The summed E-state index contributed by atoms with van der Waals surface area (Å²) >= 11 is 0. The first-order valence-electron chi connectivity index (χ1n) is 9.87.